The Morgan fingerprint density at radius 3 is 2.37 bits per heavy atom. The van der Waals surface area contributed by atoms with Crippen LogP contribution in [0.1, 0.15) is 49.7 Å². The largest absolute Gasteiger partial charge is 0.445 e. The van der Waals surface area contributed by atoms with Gasteiger partial charge in [0.15, 0.2) is 0 Å². The molecule has 0 spiro atoms. The second-order valence-electron chi connectivity index (χ2n) is 8.78. The first-order valence-electron chi connectivity index (χ1n) is 12.1. The summed E-state index contributed by atoms with van der Waals surface area (Å²) >= 11 is 12.1. The number of hydrogen-bond acceptors (Lipinski definition) is 4. The number of aldehydes is 1. The zero-order valence-corrected chi connectivity index (χ0v) is 21.3. The fraction of sp³-hybridized carbons (Fsp3) is 0.444. The molecule has 6 nitrogen and oxygen atoms in total. The minimum Gasteiger partial charge on any atom is -0.445 e. The van der Waals surface area contributed by atoms with Gasteiger partial charge in [0.2, 0.25) is 5.91 Å². The summed E-state index contributed by atoms with van der Waals surface area (Å²) in [6.07, 6.45) is 6.08. The van der Waals surface area contributed by atoms with Crippen LogP contribution in [-0.2, 0) is 27.4 Å². The van der Waals surface area contributed by atoms with E-state index in [1.807, 2.05) is 36.4 Å². The maximum atomic E-state index is 13.1. The molecule has 2 amide bonds. The van der Waals surface area contributed by atoms with E-state index >= 15 is 0 Å². The van der Waals surface area contributed by atoms with E-state index in [0.717, 1.165) is 49.5 Å². The molecule has 2 aromatic carbocycles. The van der Waals surface area contributed by atoms with Gasteiger partial charge in [0, 0.05) is 25.6 Å². The number of carbonyl (C=O) groups is 3. The van der Waals surface area contributed by atoms with Gasteiger partial charge in [-0.15, -0.1) is 0 Å². The maximum absolute atomic E-state index is 13.1. The third-order valence-electron chi connectivity index (χ3n) is 6.32. The number of ether oxygens (including phenoxy) is 1. The number of amides is 2. The SMILES string of the molecule is O=CCN(C(=O)CCN(CCc1ccc(Cl)c(Cl)c1)C(=O)OCc1ccccc1)C1CCCCC1. The molecular formula is C27H32Cl2N2O4. The van der Waals surface area contributed by atoms with Crippen LogP contribution in [0.3, 0.4) is 0 Å². The minimum absolute atomic E-state index is 0.0885. The van der Waals surface area contributed by atoms with E-state index in [1.54, 1.807) is 21.9 Å². The van der Waals surface area contributed by atoms with E-state index in [-0.39, 0.29) is 38.1 Å². The van der Waals surface area contributed by atoms with Gasteiger partial charge in [-0.2, -0.15) is 0 Å². The van der Waals surface area contributed by atoms with Gasteiger partial charge in [0.05, 0.1) is 16.6 Å². The van der Waals surface area contributed by atoms with Crippen molar-refractivity contribution in [3.63, 3.8) is 0 Å². The predicted molar refractivity (Wildman–Crippen MR) is 138 cm³/mol. The van der Waals surface area contributed by atoms with Crippen molar-refractivity contribution in [3.8, 4) is 0 Å². The van der Waals surface area contributed by atoms with Crippen LogP contribution in [0.5, 0.6) is 0 Å². The maximum Gasteiger partial charge on any atom is 0.410 e. The van der Waals surface area contributed by atoms with E-state index in [1.165, 1.54) is 0 Å². The fourth-order valence-electron chi connectivity index (χ4n) is 4.37. The summed E-state index contributed by atoms with van der Waals surface area (Å²) in [5.41, 5.74) is 1.81. The molecule has 0 aromatic heterocycles. The van der Waals surface area contributed by atoms with Crippen molar-refractivity contribution in [2.24, 2.45) is 0 Å². The van der Waals surface area contributed by atoms with Gasteiger partial charge in [-0.1, -0.05) is 78.9 Å². The predicted octanol–water partition coefficient (Wildman–Crippen LogP) is 5.93. The van der Waals surface area contributed by atoms with Crippen molar-refractivity contribution >= 4 is 41.5 Å². The molecule has 1 fully saturated rings. The molecule has 3 rings (SSSR count). The van der Waals surface area contributed by atoms with Gasteiger partial charge < -0.3 is 19.3 Å². The number of benzene rings is 2. The normalized spacial score (nSPS) is 13.8. The standard InChI is InChI=1S/C27H32Cl2N2O4/c28-24-12-11-21(19-25(24)29)13-15-30(27(34)35-20-22-7-3-1-4-8-22)16-14-26(33)31(17-18-32)23-9-5-2-6-10-23/h1,3-4,7-8,11-12,18-19,23H,2,5-6,9-10,13-17,20H2. The van der Waals surface area contributed by atoms with Crippen molar-refractivity contribution < 1.29 is 19.1 Å². The van der Waals surface area contributed by atoms with Crippen molar-refractivity contribution in [2.75, 3.05) is 19.6 Å². The summed E-state index contributed by atoms with van der Waals surface area (Å²) in [5.74, 6) is -0.112. The van der Waals surface area contributed by atoms with E-state index in [0.29, 0.717) is 23.0 Å². The summed E-state index contributed by atoms with van der Waals surface area (Å²) in [6.45, 7) is 0.799. The summed E-state index contributed by atoms with van der Waals surface area (Å²) in [6, 6.07) is 14.9. The Morgan fingerprint density at radius 2 is 1.69 bits per heavy atom. The van der Waals surface area contributed by atoms with E-state index in [9.17, 15) is 14.4 Å². The van der Waals surface area contributed by atoms with Gasteiger partial charge >= 0.3 is 6.09 Å². The van der Waals surface area contributed by atoms with Crippen LogP contribution in [-0.4, -0.2) is 53.8 Å². The molecule has 0 aliphatic heterocycles. The average molecular weight is 519 g/mol. The van der Waals surface area contributed by atoms with E-state index in [4.69, 9.17) is 27.9 Å². The quantitative estimate of drug-likeness (QED) is 0.346. The van der Waals surface area contributed by atoms with Crippen molar-refractivity contribution in [2.45, 2.75) is 57.6 Å². The molecule has 1 saturated carbocycles. The van der Waals surface area contributed by atoms with Gasteiger partial charge in [0.1, 0.15) is 12.9 Å². The molecule has 35 heavy (non-hydrogen) atoms. The summed E-state index contributed by atoms with van der Waals surface area (Å²) in [5, 5.41) is 0.924. The Hall–Kier alpha value is -2.57. The number of carbonyl (C=O) groups excluding carboxylic acids is 3. The van der Waals surface area contributed by atoms with Crippen LogP contribution in [0.2, 0.25) is 10.0 Å². The van der Waals surface area contributed by atoms with Crippen LogP contribution >= 0.6 is 23.2 Å². The molecule has 0 bridgehead atoms. The van der Waals surface area contributed by atoms with Crippen LogP contribution in [0.15, 0.2) is 48.5 Å². The Balaban J connectivity index is 1.64. The number of halogens is 2. The van der Waals surface area contributed by atoms with Crippen LogP contribution < -0.4 is 0 Å². The zero-order chi connectivity index (χ0) is 25.0. The van der Waals surface area contributed by atoms with Crippen LogP contribution in [0, 0.1) is 0 Å². The minimum atomic E-state index is -0.485. The highest BCUT2D eigenvalue weighted by atomic mass is 35.5. The average Bonchev–Trinajstić information content (AvgIpc) is 2.88. The lowest BCUT2D eigenvalue weighted by molar-refractivity contribution is -0.136. The topological polar surface area (TPSA) is 66.9 Å². The zero-order valence-electron chi connectivity index (χ0n) is 19.8. The molecule has 1 aliphatic rings. The van der Waals surface area contributed by atoms with Crippen molar-refractivity contribution in [1.82, 2.24) is 9.80 Å². The molecule has 2 aromatic rings. The number of hydrogen-bond donors (Lipinski definition) is 0. The van der Waals surface area contributed by atoms with Gasteiger partial charge in [-0.05, 0) is 42.5 Å². The number of nitrogens with zero attached hydrogens (tertiary/aromatic N) is 2. The summed E-state index contributed by atoms with van der Waals surface area (Å²) in [4.78, 5) is 40.5. The molecule has 8 heteroatoms. The molecule has 0 saturated heterocycles. The molecule has 0 atom stereocenters. The second kappa shape index (κ2) is 14.1. The highest BCUT2D eigenvalue weighted by Crippen LogP contribution is 2.24. The molecule has 1 aliphatic carbocycles. The van der Waals surface area contributed by atoms with Gasteiger partial charge in [-0.3, -0.25) is 4.79 Å². The molecule has 0 radical (unpaired) electrons. The van der Waals surface area contributed by atoms with Gasteiger partial charge in [0.25, 0.3) is 0 Å². The Morgan fingerprint density at radius 1 is 0.943 bits per heavy atom. The van der Waals surface area contributed by atoms with E-state index in [2.05, 4.69) is 0 Å². The molecular weight excluding hydrogens is 487 g/mol. The van der Waals surface area contributed by atoms with Crippen molar-refractivity contribution in [1.29, 1.82) is 0 Å². The first kappa shape index (κ1) is 27.0. The van der Waals surface area contributed by atoms with E-state index < -0.39 is 6.09 Å². The third-order valence-corrected chi connectivity index (χ3v) is 7.06. The molecule has 0 N–H and O–H groups in total. The lowest BCUT2D eigenvalue weighted by Gasteiger charge is -2.33. The van der Waals surface area contributed by atoms with Crippen LogP contribution in [0.25, 0.3) is 0 Å². The Bertz CT molecular complexity index is 980. The highest BCUT2D eigenvalue weighted by molar-refractivity contribution is 6.42. The lowest BCUT2D eigenvalue weighted by Crippen LogP contribution is -2.44. The Labute approximate surface area is 217 Å². The molecule has 188 valence electrons. The second-order valence-corrected chi connectivity index (χ2v) is 9.59. The van der Waals surface area contributed by atoms with Gasteiger partial charge in [-0.25, -0.2) is 4.79 Å². The van der Waals surface area contributed by atoms with Crippen molar-refractivity contribution in [3.05, 3.63) is 69.7 Å². The Kier molecular flexibility index (Phi) is 10.9. The smallest absolute Gasteiger partial charge is 0.410 e. The lowest BCUT2D eigenvalue weighted by atomic mass is 9.94. The first-order chi connectivity index (χ1) is 17.0. The monoisotopic (exact) mass is 518 g/mol. The first-order valence-corrected chi connectivity index (χ1v) is 12.9. The molecule has 0 unspecified atom stereocenters. The third kappa shape index (κ3) is 8.55. The highest BCUT2D eigenvalue weighted by Gasteiger charge is 2.26. The molecule has 0 heterocycles. The fourth-order valence-corrected chi connectivity index (χ4v) is 4.69. The van der Waals surface area contributed by atoms with Crippen LogP contribution in [0.4, 0.5) is 4.79 Å². The number of rotatable bonds is 11. The summed E-state index contributed by atoms with van der Waals surface area (Å²) < 4.78 is 5.54. The summed E-state index contributed by atoms with van der Waals surface area (Å²) in [7, 11) is 0.